The van der Waals surface area contributed by atoms with Gasteiger partial charge < -0.3 is 14.6 Å². The van der Waals surface area contributed by atoms with Crippen LogP contribution in [0.3, 0.4) is 0 Å². The van der Waals surface area contributed by atoms with Crippen LogP contribution in [0.25, 0.3) is 0 Å². The van der Waals surface area contributed by atoms with E-state index >= 15 is 0 Å². The topological polar surface area (TPSA) is 47.3 Å². The average molecular weight is 232 g/mol. The molecule has 0 radical (unpaired) electrons. The van der Waals surface area contributed by atoms with Crippen molar-refractivity contribution < 1.29 is 9.26 Å². The zero-order chi connectivity index (χ0) is 11.9. The molecule has 1 aromatic carbocycles. The number of hydrogen-bond acceptors (Lipinski definition) is 4. The first kappa shape index (κ1) is 11.7. The van der Waals surface area contributed by atoms with E-state index in [1.54, 1.807) is 6.26 Å². The highest BCUT2D eigenvalue weighted by atomic mass is 16.5. The Kier molecular flexibility index (Phi) is 4.16. The van der Waals surface area contributed by atoms with Crippen LogP contribution in [-0.2, 0) is 13.1 Å². The zero-order valence-electron chi connectivity index (χ0n) is 9.85. The third-order valence-corrected chi connectivity index (χ3v) is 2.36. The van der Waals surface area contributed by atoms with Crippen LogP contribution in [0.2, 0.25) is 0 Å². The minimum absolute atomic E-state index is 0.698. The predicted octanol–water partition coefficient (Wildman–Crippen LogP) is 2.36. The van der Waals surface area contributed by atoms with Gasteiger partial charge in [0.1, 0.15) is 12.0 Å². The molecule has 90 valence electrons. The van der Waals surface area contributed by atoms with Gasteiger partial charge in [-0.15, -0.1) is 0 Å². The highest BCUT2D eigenvalue weighted by Gasteiger charge is 1.97. The number of hydrogen-bond donors (Lipinski definition) is 1. The second-order valence-corrected chi connectivity index (χ2v) is 3.67. The summed E-state index contributed by atoms with van der Waals surface area (Å²) in [6, 6.07) is 9.93. The molecule has 4 nitrogen and oxygen atoms in total. The summed E-state index contributed by atoms with van der Waals surface area (Å²) in [5.74, 6) is 0.910. The summed E-state index contributed by atoms with van der Waals surface area (Å²) >= 11 is 0. The van der Waals surface area contributed by atoms with Gasteiger partial charge in [-0.3, -0.25) is 0 Å². The molecule has 0 aliphatic carbocycles. The summed E-state index contributed by atoms with van der Waals surface area (Å²) < 4.78 is 10.1. The van der Waals surface area contributed by atoms with E-state index in [-0.39, 0.29) is 0 Å². The summed E-state index contributed by atoms with van der Waals surface area (Å²) in [6.07, 6.45) is 1.58. The molecule has 0 spiro atoms. The molecule has 0 aliphatic rings. The molecule has 0 bridgehead atoms. The average Bonchev–Trinajstić information content (AvgIpc) is 2.85. The molecule has 0 aliphatic heterocycles. The lowest BCUT2D eigenvalue weighted by atomic mass is 10.2. The van der Waals surface area contributed by atoms with Crippen molar-refractivity contribution in [1.82, 2.24) is 10.5 Å². The van der Waals surface area contributed by atoms with Crippen LogP contribution in [0.5, 0.6) is 5.75 Å². The molecule has 1 N–H and O–H groups in total. The van der Waals surface area contributed by atoms with Crippen molar-refractivity contribution in [1.29, 1.82) is 0 Å². The fourth-order valence-electron chi connectivity index (χ4n) is 1.53. The molecule has 1 heterocycles. The van der Waals surface area contributed by atoms with Crippen molar-refractivity contribution in [2.75, 3.05) is 6.61 Å². The van der Waals surface area contributed by atoms with Gasteiger partial charge in [0.25, 0.3) is 0 Å². The largest absolute Gasteiger partial charge is 0.494 e. The number of rotatable bonds is 6. The number of ether oxygens (including phenoxy) is 1. The van der Waals surface area contributed by atoms with Crippen LogP contribution in [-0.4, -0.2) is 11.8 Å². The summed E-state index contributed by atoms with van der Waals surface area (Å²) in [4.78, 5) is 0. The van der Waals surface area contributed by atoms with E-state index in [1.807, 2.05) is 25.1 Å². The van der Waals surface area contributed by atoms with Gasteiger partial charge in [0.15, 0.2) is 0 Å². The first-order chi connectivity index (χ1) is 8.38. The van der Waals surface area contributed by atoms with E-state index in [4.69, 9.17) is 9.26 Å². The SMILES string of the molecule is CCOc1ccc(CNCc2ccon2)cc1. The van der Waals surface area contributed by atoms with Crippen LogP contribution in [0.4, 0.5) is 0 Å². The monoisotopic (exact) mass is 232 g/mol. The fourth-order valence-corrected chi connectivity index (χ4v) is 1.53. The lowest BCUT2D eigenvalue weighted by molar-refractivity contribution is 0.340. The molecule has 17 heavy (non-hydrogen) atoms. The van der Waals surface area contributed by atoms with Crippen molar-refractivity contribution in [3.63, 3.8) is 0 Å². The molecule has 0 atom stereocenters. The van der Waals surface area contributed by atoms with Crippen LogP contribution >= 0.6 is 0 Å². The molecule has 0 saturated carbocycles. The number of nitrogens with zero attached hydrogens (tertiary/aromatic N) is 1. The fraction of sp³-hybridized carbons (Fsp3) is 0.308. The zero-order valence-corrected chi connectivity index (χ0v) is 9.85. The molecular weight excluding hydrogens is 216 g/mol. The lowest BCUT2D eigenvalue weighted by Gasteiger charge is -2.05. The maximum absolute atomic E-state index is 5.38. The second kappa shape index (κ2) is 6.06. The highest BCUT2D eigenvalue weighted by molar-refractivity contribution is 5.27. The number of benzene rings is 1. The van der Waals surface area contributed by atoms with Crippen molar-refractivity contribution in [2.45, 2.75) is 20.0 Å². The molecular formula is C13H16N2O2. The lowest BCUT2D eigenvalue weighted by Crippen LogP contribution is -2.12. The van der Waals surface area contributed by atoms with Gasteiger partial charge in [0, 0.05) is 19.2 Å². The number of aromatic nitrogens is 1. The van der Waals surface area contributed by atoms with Crippen molar-refractivity contribution >= 4 is 0 Å². The smallest absolute Gasteiger partial charge is 0.124 e. The highest BCUT2D eigenvalue weighted by Crippen LogP contribution is 2.11. The van der Waals surface area contributed by atoms with Crippen molar-refractivity contribution in [3.8, 4) is 5.75 Å². The summed E-state index contributed by atoms with van der Waals surface area (Å²) in [7, 11) is 0. The van der Waals surface area contributed by atoms with Crippen LogP contribution < -0.4 is 10.1 Å². The Morgan fingerprint density at radius 3 is 2.65 bits per heavy atom. The van der Waals surface area contributed by atoms with Gasteiger partial charge >= 0.3 is 0 Å². The Labute approximate surface area is 101 Å². The van der Waals surface area contributed by atoms with Crippen molar-refractivity contribution in [2.24, 2.45) is 0 Å². The molecule has 2 rings (SSSR count). The second-order valence-electron chi connectivity index (χ2n) is 3.67. The maximum atomic E-state index is 5.38. The summed E-state index contributed by atoms with van der Waals surface area (Å²) in [5, 5.41) is 7.12. The normalized spacial score (nSPS) is 10.4. The Hall–Kier alpha value is -1.81. The van der Waals surface area contributed by atoms with E-state index in [2.05, 4.69) is 22.6 Å². The van der Waals surface area contributed by atoms with Crippen molar-refractivity contribution in [3.05, 3.63) is 47.9 Å². The predicted molar refractivity (Wildman–Crippen MR) is 64.7 cm³/mol. The van der Waals surface area contributed by atoms with Gasteiger partial charge in [-0.1, -0.05) is 17.3 Å². The van der Waals surface area contributed by atoms with E-state index in [0.717, 1.165) is 18.0 Å². The maximum Gasteiger partial charge on any atom is 0.124 e. The third kappa shape index (κ3) is 3.60. The molecule has 0 unspecified atom stereocenters. The molecule has 0 fully saturated rings. The van der Waals surface area contributed by atoms with Gasteiger partial charge in [0.05, 0.1) is 12.3 Å². The Morgan fingerprint density at radius 1 is 1.18 bits per heavy atom. The van der Waals surface area contributed by atoms with Gasteiger partial charge in [-0.25, -0.2) is 0 Å². The Balaban J connectivity index is 1.79. The van der Waals surface area contributed by atoms with Gasteiger partial charge in [-0.2, -0.15) is 0 Å². The van der Waals surface area contributed by atoms with E-state index in [0.29, 0.717) is 13.2 Å². The molecule has 0 amide bonds. The standard InChI is InChI=1S/C13H16N2O2/c1-2-16-13-5-3-11(4-6-13)9-14-10-12-7-8-17-15-12/h3-8,14H,2,9-10H2,1H3. The Bertz CT molecular complexity index is 423. The van der Waals surface area contributed by atoms with E-state index in [9.17, 15) is 0 Å². The van der Waals surface area contributed by atoms with Crippen LogP contribution in [0.1, 0.15) is 18.2 Å². The molecule has 0 saturated heterocycles. The minimum atomic E-state index is 0.698. The van der Waals surface area contributed by atoms with Crippen LogP contribution in [0.15, 0.2) is 41.1 Å². The first-order valence-corrected chi connectivity index (χ1v) is 5.70. The summed E-state index contributed by atoms with van der Waals surface area (Å²) in [6.45, 7) is 4.19. The number of nitrogens with one attached hydrogen (secondary N) is 1. The molecule has 1 aromatic heterocycles. The first-order valence-electron chi connectivity index (χ1n) is 5.70. The quantitative estimate of drug-likeness (QED) is 0.830. The van der Waals surface area contributed by atoms with E-state index < -0.39 is 0 Å². The third-order valence-electron chi connectivity index (χ3n) is 2.36. The van der Waals surface area contributed by atoms with Gasteiger partial charge in [-0.05, 0) is 24.6 Å². The molecule has 4 heteroatoms. The van der Waals surface area contributed by atoms with E-state index in [1.165, 1.54) is 5.56 Å². The Morgan fingerprint density at radius 2 is 2.00 bits per heavy atom. The van der Waals surface area contributed by atoms with Gasteiger partial charge in [0.2, 0.25) is 0 Å². The van der Waals surface area contributed by atoms with Crippen LogP contribution in [0, 0.1) is 0 Å². The minimum Gasteiger partial charge on any atom is -0.494 e. The molecule has 2 aromatic rings. The summed E-state index contributed by atoms with van der Waals surface area (Å²) in [5.41, 5.74) is 2.13.